The molecule has 1 atom stereocenters. The maximum Gasteiger partial charge on any atom is 0.271 e. The van der Waals surface area contributed by atoms with E-state index in [-0.39, 0.29) is 23.6 Å². The molecule has 0 saturated heterocycles. The Bertz CT molecular complexity index is 1100. The van der Waals surface area contributed by atoms with Gasteiger partial charge >= 0.3 is 0 Å². The summed E-state index contributed by atoms with van der Waals surface area (Å²) in [5.74, 6) is -0.794. The van der Waals surface area contributed by atoms with Crippen LogP contribution in [0.5, 0.6) is 0 Å². The second-order valence-corrected chi connectivity index (χ2v) is 8.70. The summed E-state index contributed by atoms with van der Waals surface area (Å²) in [6.45, 7) is 4.64. The molecule has 9 nitrogen and oxygen atoms in total. The molecule has 0 fully saturated rings. The molecule has 1 amide bonds. The second-order valence-electron chi connectivity index (χ2n) is 6.84. The highest BCUT2D eigenvalue weighted by Crippen LogP contribution is 2.30. The van der Waals surface area contributed by atoms with Crippen LogP contribution in [0, 0.1) is 17.0 Å². The number of non-ortho nitro benzene ring substituents is 1. The molecular formula is C20H23N3O6S. The fraction of sp³-hybridized carbons (Fsp3) is 0.300. The van der Waals surface area contributed by atoms with Gasteiger partial charge in [-0.1, -0.05) is 25.1 Å². The van der Waals surface area contributed by atoms with Gasteiger partial charge in [-0.05, 0) is 38.0 Å². The lowest BCUT2D eigenvalue weighted by Gasteiger charge is -2.31. The van der Waals surface area contributed by atoms with E-state index in [2.05, 4.69) is 5.32 Å². The first-order chi connectivity index (χ1) is 14.0. The van der Waals surface area contributed by atoms with E-state index in [9.17, 15) is 28.1 Å². The van der Waals surface area contributed by atoms with Gasteiger partial charge in [-0.15, -0.1) is 0 Å². The molecule has 0 spiro atoms. The van der Waals surface area contributed by atoms with Crippen molar-refractivity contribution in [3.63, 3.8) is 0 Å². The highest BCUT2D eigenvalue weighted by atomic mass is 32.2. The summed E-state index contributed by atoms with van der Waals surface area (Å²) in [5.41, 5.74) is 0.987. The Morgan fingerprint density at radius 3 is 2.40 bits per heavy atom. The van der Waals surface area contributed by atoms with E-state index in [1.807, 2.05) is 0 Å². The summed E-state index contributed by atoms with van der Waals surface area (Å²) in [5, 5.41) is 13.8. The first-order valence-electron chi connectivity index (χ1n) is 9.12. The number of amides is 1. The van der Waals surface area contributed by atoms with Gasteiger partial charge in [-0.3, -0.25) is 24.0 Å². The monoisotopic (exact) mass is 433 g/mol. The lowest BCUT2D eigenvalue weighted by Crippen LogP contribution is -2.47. The molecule has 2 rings (SSSR count). The minimum Gasteiger partial charge on any atom is -0.324 e. The molecule has 2 aromatic rings. The standard InChI is InChI=1S/C20H23N3O6S/c1-5-18(20(25)21-16-8-6-7-15(11-16)14(3)24)22(30(4,28)29)19-12-17(23(26)27)10-9-13(19)2/h6-12,18H,5H2,1-4H3,(H,21,25)/t18-/m1/s1. The number of nitro benzene ring substituents is 1. The number of ketones is 1. The van der Waals surface area contributed by atoms with E-state index in [0.29, 0.717) is 16.8 Å². The van der Waals surface area contributed by atoms with E-state index in [4.69, 9.17) is 0 Å². The highest BCUT2D eigenvalue weighted by molar-refractivity contribution is 7.92. The summed E-state index contributed by atoms with van der Waals surface area (Å²) in [7, 11) is -3.96. The average molecular weight is 433 g/mol. The predicted molar refractivity (Wildman–Crippen MR) is 114 cm³/mol. The van der Waals surface area contributed by atoms with E-state index in [1.54, 1.807) is 32.0 Å². The zero-order valence-electron chi connectivity index (χ0n) is 17.1. The number of nitrogens with zero attached hydrogens (tertiary/aromatic N) is 2. The van der Waals surface area contributed by atoms with Gasteiger partial charge in [0.1, 0.15) is 6.04 Å². The topological polar surface area (TPSA) is 127 Å². The third-order valence-electron chi connectivity index (χ3n) is 4.51. The zero-order chi connectivity index (χ0) is 22.6. The SMILES string of the molecule is CC[C@H](C(=O)Nc1cccc(C(C)=O)c1)N(c1cc([N+](=O)[O-])ccc1C)S(C)(=O)=O. The van der Waals surface area contributed by atoms with Crippen LogP contribution in [0.4, 0.5) is 17.1 Å². The van der Waals surface area contributed by atoms with Crippen LogP contribution in [-0.2, 0) is 14.8 Å². The maximum atomic E-state index is 13.0. The molecule has 0 unspecified atom stereocenters. The molecule has 0 aromatic heterocycles. The largest absolute Gasteiger partial charge is 0.324 e. The number of benzene rings is 2. The van der Waals surface area contributed by atoms with Crippen LogP contribution in [0.1, 0.15) is 36.2 Å². The summed E-state index contributed by atoms with van der Waals surface area (Å²) in [6.07, 6.45) is 1.06. The molecule has 0 saturated carbocycles. The number of nitro groups is 1. The lowest BCUT2D eigenvalue weighted by atomic mass is 10.1. The number of Topliss-reactive ketones (excluding diaryl/α,β-unsaturated/α-hetero) is 1. The van der Waals surface area contributed by atoms with Gasteiger partial charge in [0.25, 0.3) is 5.69 Å². The molecule has 2 aromatic carbocycles. The highest BCUT2D eigenvalue weighted by Gasteiger charge is 2.33. The van der Waals surface area contributed by atoms with Crippen molar-refractivity contribution in [3.8, 4) is 0 Å². The lowest BCUT2D eigenvalue weighted by molar-refractivity contribution is -0.384. The van der Waals surface area contributed by atoms with Crippen molar-refractivity contribution in [3.05, 3.63) is 63.7 Å². The van der Waals surface area contributed by atoms with Crippen LogP contribution in [-0.4, -0.2) is 37.3 Å². The van der Waals surface area contributed by atoms with Gasteiger partial charge in [0.15, 0.2) is 5.78 Å². The molecule has 0 radical (unpaired) electrons. The van der Waals surface area contributed by atoms with Crippen LogP contribution in [0.15, 0.2) is 42.5 Å². The fourth-order valence-corrected chi connectivity index (χ4v) is 4.29. The number of hydrogen-bond donors (Lipinski definition) is 1. The molecule has 30 heavy (non-hydrogen) atoms. The van der Waals surface area contributed by atoms with E-state index in [0.717, 1.165) is 16.6 Å². The van der Waals surface area contributed by atoms with Gasteiger partial charge < -0.3 is 5.32 Å². The number of nitrogens with one attached hydrogen (secondary N) is 1. The number of hydrogen-bond acceptors (Lipinski definition) is 6. The van der Waals surface area contributed by atoms with Crippen LogP contribution >= 0.6 is 0 Å². The maximum absolute atomic E-state index is 13.0. The first-order valence-corrected chi connectivity index (χ1v) is 11.0. The Morgan fingerprint density at radius 2 is 1.87 bits per heavy atom. The first kappa shape index (κ1) is 23.0. The Balaban J connectivity index is 2.49. The Labute approximate surface area is 174 Å². The van der Waals surface area contributed by atoms with Crippen molar-refractivity contribution in [1.82, 2.24) is 0 Å². The molecule has 160 valence electrons. The zero-order valence-corrected chi connectivity index (χ0v) is 17.9. The van der Waals surface area contributed by atoms with Gasteiger partial charge in [-0.25, -0.2) is 8.42 Å². The number of rotatable bonds is 8. The summed E-state index contributed by atoms with van der Waals surface area (Å²) in [6, 6.07) is 8.98. The van der Waals surface area contributed by atoms with Crippen LogP contribution in [0.25, 0.3) is 0 Å². The van der Waals surface area contributed by atoms with Crippen LogP contribution in [0.3, 0.4) is 0 Å². The van der Waals surface area contributed by atoms with Crippen molar-refractivity contribution >= 4 is 38.8 Å². The molecule has 0 aliphatic carbocycles. The van der Waals surface area contributed by atoms with Gasteiger partial charge in [0, 0.05) is 23.4 Å². The minimum absolute atomic E-state index is 0.0613. The summed E-state index contributed by atoms with van der Waals surface area (Å²) in [4.78, 5) is 35.1. The summed E-state index contributed by atoms with van der Waals surface area (Å²) < 4.78 is 26.1. The number of anilines is 2. The molecule has 10 heteroatoms. The smallest absolute Gasteiger partial charge is 0.271 e. The van der Waals surface area contributed by atoms with Crippen molar-refractivity contribution in [2.75, 3.05) is 15.9 Å². The summed E-state index contributed by atoms with van der Waals surface area (Å²) >= 11 is 0. The normalized spacial score (nSPS) is 12.1. The molecular weight excluding hydrogens is 410 g/mol. The number of sulfonamides is 1. The van der Waals surface area contributed by atoms with Crippen molar-refractivity contribution < 1.29 is 22.9 Å². The molecule has 0 heterocycles. The third kappa shape index (κ3) is 5.20. The Kier molecular flexibility index (Phi) is 6.93. The van der Waals surface area contributed by atoms with E-state index < -0.39 is 26.9 Å². The molecule has 0 aliphatic rings. The van der Waals surface area contributed by atoms with Crippen LogP contribution < -0.4 is 9.62 Å². The second kappa shape index (κ2) is 9.04. The number of carbonyl (C=O) groups excluding carboxylic acids is 2. The fourth-order valence-electron chi connectivity index (χ4n) is 3.03. The third-order valence-corrected chi connectivity index (χ3v) is 5.67. The van der Waals surface area contributed by atoms with Crippen LogP contribution in [0.2, 0.25) is 0 Å². The molecule has 0 aliphatic heterocycles. The van der Waals surface area contributed by atoms with Gasteiger partial charge in [-0.2, -0.15) is 0 Å². The van der Waals surface area contributed by atoms with Gasteiger partial charge in [0.2, 0.25) is 15.9 Å². The number of aryl methyl sites for hydroxylation is 1. The van der Waals surface area contributed by atoms with Crippen molar-refractivity contribution in [2.45, 2.75) is 33.2 Å². The van der Waals surface area contributed by atoms with Gasteiger partial charge in [0.05, 0.1) is 16.9 Å². The quantitative estimate of drug-likeness (QED) is 0.387. The predicted octanol–water partition coefficient (Wildman–Crippen LogP) is 3.29. The Morgan fingerprint density at radius 1 is 1.20 bits per heavy atom. The van der Waals surface area contributed by atoms with Crippen molar-refractivity contribution in [1.29, 1.82) is 0 Å². The number of carbonyl (C=O) groups is 2. The van der Waals surface area contributed by atoms with E-state index >= 15 is 0 Å². The van der Waals surface area contributed by atoms with E-state index in [1.165, 1.54) is 25.1 Å². The Hall–Kier alpha value is -3.27. The molecule has 0 bridgehead atoms. The average Bonchev–Trinajstić information content (AvgIpc) is 2.65. The molecule has 1 N–H and O–H groups in total. The van der Waals surface area contributed by atoms with Crippen molar-refractivity contribution in [2.24, 2.45) is 0 Å². The minimum atomic E-state index is -3.96.